The second-order valence-corrected chi connectivity index (χ2v) is 6.11. The van der Waals surface area contributed by atoms with Gasteiger partial charge in [-0.1, -0.05) is 27.6 Å². The number of carbonyl (C=O) groups is 2. The maximum atomic E-state index is 12.4. The molecule has 1 heterocycles. The molecule has 1 fully saturated rings. The van der Waals surface area contributed by atoms with Gasteiger partial charge in [-0.25, -0.2) is 0 Å². The standard InChI is InChI=1S/C15H14BrNO2/c1-9-2-7-12-13(8-9)15(19)17(14(12)18)11-5-3-10(16)4-6-11/h2-6,12-13H,7-8H2,1H3/t12-,13+/m1/s1. The van der Waals surface area contributed by atoms with Gasteiger partial charge in [0.25, 0.3) is 0 Å². The summed E-state index contributed by atoms with van der Waals surface area (Å²) < 4.78 is 0.935. The Morgan fingerprint density at radius 2 is 1.74 bits per heavy atom. The molecule has 19 heavy (non-hydrogen) atoms. The summed E-state index contributed by atoms with van der Waals surface area (Å²) in [6.07, 6.45) is 3.48. The summed E-state index contributed by atoms with van der Waals surface area (Å²) in [5.74, 6) is -0.438. The third kappa shape index (κ3) is 2.04. The molecular formula is C15H14BrNO2. The first-order valence-electron chi connectivity index (χ1n) is 6.37. The third-order valence-electron chi connectivity index (χ3n) is 3.91. The molecule has 3 rings (SSSR count). The normalized spacial score (nSPS) is 26.4. The van der Waals surface area contributed by atoms with Crippen molar-refractivity contribution in [2.45, 2.75) is 19.8 Å². The van der Waals surface area contributed by atoms with E-state index in [-0.39, 0.29) is 23.7 Å². The fourth-order valence-electron chi connectivity index (χ4n) is 2.88. The predicted molar refractivity (Wildman–Crippen MR) is 76.6 cm³/mol. The van der Waals surface area contributed by atoms with E-state index < -0.39 is 0 Å². The van der Waals surface area contributed by atoms with Crippen molar-refractivity contribution in [1.29, 1.82) is 0 Å². The van der Waals surface area contributed by atoms with E-state index in [0.29, 0.717) is 18.5 Å². The van der Waals surface area contributed by atoms with Gasteiger partial charge in [0.1, 0.15) is 0 Å². The van der Waals surface area contributed by atoms with E-state index in [1.807, 2.05) is 19.1 Å². The van der Waals surface area contributed by atoms with E-state index in [1.54, 1.807) is 12.1 Å². The minimum Gasteiger partial charge on any atom is -0.274 e. The summed E-state index contributed by atoms with van der Waals surface area (Å²) in [7, 11) is 0. The molecule has 0 unspecified atom stereocenters. The minimum absolute atomic E-state index is 0.0511. The second kappa shape index (κ2) is 4.60. The van der Waals surface area contributed by atoms with Gasteiger partial charge in [0.05, 0.1) is 17.5 Å². The van der Waals surface area contributed by atoms with Gasteiger partial charge in [0, 0.05) is 4.47 Å². The fourth-order valence-corrected chi connectivity index (χ4v) is 3.15. The number of hydrogen-bond acceptors (Lipinski definition) is 2. The highest BCUT2D eigenvalue weighted by Gasteiger charge is 2.48. The van der Waals surface area contributed by atoms with E-state index in [2.05, 4.69) is 22.0 Å². The van der Waals surface area contributed by atoms with E-state index >= 15 is 0 Å². The first kappa shape index (κ1) is 12.6. The zero-order valence-corrected chi connectivity index (χ0v) is 12.2. The lowest BCUT2D eigenvalue weighted by molar-refractivity contribution is -0.122. The molecule has 4 heteroatoms. The van der Waals surface area contributed by atoms with Gasteiger partial charge in [-0.3, -0.25) is 14.5 Å². The molecule has 0 aromatic heterocycles. The summed E-state index contributed by atoms with van der Waals surface area (Å²) in [6, 6.07) is 7.30. The van der Waals surface area contributed by atoms with E-state index in [9.17, 15) is 9.59 Å². The summed E-state index contributed by atoms with van der Waals surface area (Å²) in [5.41, 5.74) is 1.88. The van der Waals surface area contributed by atoms with Gasteiger partial charge in [-0.05, 0) is 44.0 Å². The van der Waals surface area contributed by atoms with Crippen LogP contribution in [0.4, 0.5) is 5.69 Å². The van der Waals surface area contributed by atoms with Crippen LogP contribution in [-0.4, -0.2) is 11.8 Å². The van der Waals surface area contributed by atoms with Crippen LogP contribution in [-0.2, 0) is 9.59 Å². The Bertz CT molecular complexity index is 576. The maximum absolute atomic E-state index is 12.4. The molecule has 1 aliphatic carbocycles. The number of rotatable bonds is 1. The van der Waals surface area contributed by atoms with Crippen molar-refractivity contribution in [2.24, 2.45) is 11.8 Å². The number of halogens is 1. The van der Waals surface area contributed by atoms with Crippen molar-refractivity contribution >= 4 is 33.4 Å². The number of benzene rings is 1. The molecule has 0 spiro atoms. The van der Waals surface area contributed by atoms with Crippen molar-refractivity contribution in [1.82, 2.24) is 0 Å². The third-order valence-corrected chi connectivity index (χ3v) is 4.44. The largest absolute Gasteiger partial charge is 0.274 e. The van der Waals surface area contributed by atoms with Crippen LogP contribution in [0.25, 0.3) is 0 Å². The molecular weight excluding hydrogens is 306 g/mol. The number of anilines is 1. The molecule has 1 aliphatic heterocycles. The van der Waals surface area contributed by atoms with E-state index in [1.165, 1.54) is 10.5 Å². The molecule has 0 N–H and O–H groups in total. The number of imide groups is 1. The van der Waals surface area contributed by atoms with Crippen LogP contribution in [0.1, 0.15) is 19.8 Å². The average molecular weight is 320 g/mol. The quantitative estimate of drug-likeness (QED) is 0.588. The summed E-state index contributed by atoms with van der Waals surface area (Å²) in [6.45, 7) is 2.02. The van der Waals surface area contributed by atoms with Gasteiger partial charge in [-0.2, -0.15) is 0 Å². The number of fused-ring (bicyclic) bond motifs is 1. The van der Waals surface area contributed by atoms with Crippen molar-refractivity contribution in [3.8, 4) is 0 Å². The van der Waals surface area contributed by atoms with Crippen LogP contribution in [0.15, 0.2) is 40.4 Å². The minimum atomic E-state index is -0.167. The first-order chi connectivity index (χ1) is 9.08. The molecule has 2 aliphatic rings. The topological polar surface area (TPSA) is 37.4 Å². The molecule has 0 bridgehead atoms. The Labute approximate surface area is 120 Å². The highest BCUT2D eigenvalue weighted by molar-refractivity contribution is 9.10. The zero-order valence-electron chi connectivity index (χ0n) is 10.6. The maximum Gasteiger partial charge on any atom is 0.238 e. The molecule has 2 atom stereocenters. The number of hydrogen-bond donors (Lipinski definition) is 0. The lowest BCUT2D eigenvalue weighted by Crippen LogP contribution is -2.30. The van der Waals surface area contributed by atoms with Crippen LogP contribution >= 0.6 is 15.9 Å². The smallest absolute Gasteiger partial charge is 0.238 e. The predicted octanol–water partition coefficient (Wildman–Crippen LogP) is 3.29. The molecule has 98 valence electrons. The van der Waals surface area contributed by atoms with Gasteiger partial charge in [0.15, 0.2) is 0 Å². The molecule has 2 amide bonds. The number of carbonyl (C=O) groups excluding carboxylic acids is 2. The second-order valence-electron chi connectivity index (χ2n) is 5.19. The fraction of sp³-hybridized carbons (Fsp3) is 0.333. The Hall–Kier alpha value is -1.42. The molecule has 0 radical (unpaired) electrons. The SMILES string of the molecule is CC1=CC[C@H]2C(=O)N(c3ccc(Br)cc3)C(=O)[C@H]2C1. The van der Waals surface area contributed by atoms with Gasteiger partial charge in [-0.15, -0.1) is 0 Å². The molecule has 1 saturated heterocycles. The van der Waals surface area contributed by atoms with Crippen molar-refractivity contribution in [3.63, 3.8) is 0 Å². The molecule has 0 saturated carbocycles. The summed E-state index contributed by atoms with van der Waals surface area (Å²) >= 11 is 3.36. The van der Waals surface area contributed by atoms with Crippen LogP contribution in [0.3, 0.4) is 0 Å². The molecule has 3 nitrogen and oxygen atoms in total. The average Bonchev–Trinajstić information content (AvgIpc) is 2.63. The zero-order chi connectivity index (χ0) is 13.6. The number of nitrogens with zero attached hydrogens (tertiary/aromatic N) is 1. The Balaban J connectivity index is 1.95. The highest BCUT2D eigenvalue weighted by Crippen LogP contribution is 2.39. The lowest BCUT2D eigenvalue weighted by Gasteiger charge is -2.18. The first-order valence-corrected chi connectivity index (χ1v) is 7.16. The summed E-state index contributed by atoms with van der Waals surface area (Å²) in [4.78, 5) is 26.2. The Morgan fingerprint density at radius 1 is 1.11 bits per heavy atom. The lowest BCUT2D eigenvalue weighted by atomic mass is 9.82. The Kier molecular flexibility index (Phi) is 3.05. The van der Waals surface area contributed by atoms with Gasteiger partial charge >= 0.3 is 0 Å². The molecule has 1 aromatic rings. The van der Waals surface area contributed by atoms with Crippen molar-refractivity contribution in [2.75, 3.05) is 4.90 Å². The number of amides is 2. The molecule has 1 aromatic carbocycles. The van der Waals surface area contributed by atoms with Crippen LogP contribution in [0, 0.1) is 11.8 Å². The summed E-state index contributed by atoms with van der Waals surface area (Å²) in [5, 5.41) is 0. The van der Waals surface area contributed by atoms with E-state index in [0.717, 1.165) is 4.47 Å². The van der Waals surface area contributed by atoms with Crippen LogP contribution in [0.5, 0.6) is 0 Å². The number of allylic oxidation sites excluding steroid dienone is 2. The van der Waals surface area contributed by atoms with Crippen LogP contribution in [0.2, 0.25) is 0 Å². The van der Waals surface area contributed by atoms with Crippen molar-refractivity contribution < 1.29 is 9.59 Å². The monoisotopic (exact) mass is 319 g/mol. The van der Waals surface area contributed by atoms with Gasteiger partial charge < -0.3 is 0 Å². The highest BCUT2D eigenvalue weighted by atomic mass is 79.9. The Morgan fingerprint density at radius 3 is 2.42 bits per heavy atom. The van der Waals surface area contributed by atoms with E-state index in [4.69, 9.17) is 0 Å². The van der Waals surface area contributed by atoms with Gasteiger partial charge in [0.2, 0.25) is 11.8 Å². The van der Waals surface area contributed by atoms with Crippen molar-refractivity contribution in [3.05, 3.63) is 40.4 Å². The van der Waals surface area contributed by atoms with Crippen LogP contribution < -0.4 is 4.90 Å².